The van der Waals surface area contributed by atoms with Gasteiger partial charge >= 0.3 is 0 Å². The van der Waals surface area contributed by atoms with Crippen LogP contribution in [0, 0.1) is 0 Å². The van der Waals surface area contributed by atoms with Crippen LogP contribution < -0.4 is 5.32 Å². The maximum Gasteiger partial charge on any atom is 0.217 e. The highest BCUT2D eigenvalue weighted by atomic mass is 32.2. The smallest absolute Gasteiger partial charge is 0.217 e. The molecule has 1 N–H and O–H groups in total. The Morgan fingerprint density at radius 3 is 2.73 bits per heavy atom. The highest BCUT2D eigenvalue weighted by Gasteiger charge is 1.92. The summed E-state index contributed by atoms with van der Waals surface area (Å²) in [6.07, 6.45) is 9.17. The molecule has 1 heterocycles. The third-order valence-electron chi connectivity index (χ3n) is 1.61. The molecule has 0 atom stereocenters. The van der Waals surface area contributed by atoms with Crippen LogP contribution in [0.1, 0.15) is 12.5 Å². The Hall–Kier alpha value is -1.36. The van der Waals surface area contributed by atoms with E-state index in [1.807, 2.05) is 18.4 Å². The van der Waals surface area contributed by atoms with Crippen LogP contribution in [0.4, 0.5) is 0 Å². The lowest BCUT2D eigenvalue weighted by molar-refractivity contribution is -0.118. The second kappa shape index (κ2) is 6.19. The van der Waals surface area contributed by atoms with Gasteiger partial charge in [0.1, 0.15) is 0 Å². The first kappa shape index (κ1) is 11.7. The van der Waals surface area contributed by atoms with E-state index in [-0.39, 0.29) is 5.91 Å². The molecular weight excluding hydrogens is 210 g/mol. The molecule has 0 spiro atoms. The summed E-state index contributed by atoms with van der Waals surface area (Å²) in [5, 5.41) is 3.43. The van der Waals surface area contributed by atoms with E-state index >= 15 is 0 Å². The predicted octanol–water partition coefficient (Wildman–Crippen LogP) is 1.35. The minimum Gasteiger partial charge on any atom is -0.353 e. The van der Waals surface area contributed by atoms with Gasteiger partial charge < -0.3 is 5.32 Å². The number of hydrogen-bond donors (Lipinski definition) is 1. The van der Waals surface area contributed by atoms with Gasteiger partial charge in [0.05, 0.1) is 0 Å². The molecule has 0 unspecified atom stereocenters. The van der Waals surface area contributed by atoms with Crippen molar-refractivity contribution in [2.24, 2.45) is 0 Å². The molecule has 0 aliphatic heterocycles. The van der Waals surface area contributed by atoms with E-state index in [9.17, 15) is 4.79 Å². The number of nitrogens with zero attached hydrogens (tertiary/aromatic N) is 2. The second-order valence-corrected chi connectivity index (χ2v) is 3.62. The molecule has 5 heteroatoms. The van der Waals surface area contributed by atoms with E-state index in [0.29, 0.717) is 6.54 Å². The van der Waals surface area contributed by atoms with Crippen LogP contribution in [0.25, 0.3) is 6.08 Å². The topological polar surface area (TPSA) is 54.9 Å². The zero-order valence-electron chi connectivity index (χ0n) is 8.73. The van der Waals surface area contributed by atoms with Gasteiger partial charge in [-0.25, -0.2) is 9.97 Å². The monoisotopic (exact) mass is 223 g/mol. The van der Waals surface area contributed by atoms with Gasteiger partial charge in [-0.3, -0.25) is 4.79 Å². The summed E-state index contributed by atoms with van der Waals surface area (Å²) in [6, 6.07) is 0. The lowest BCUT2D eigenvalue weighted by atomic mass is 10.3. The largest absolute Gasteiger partial charge is 0.353 e. The molecule has 0 saturated carbocycles. The van der Waals surface area contributed by atoms with Gasteiger partial charge in [-0.2, -0.15) is 0 Å². The first-order valence-corrected chi connectivity index (χ1v) is 5.72. The van der Waals surface area contributed by atoms with E-state index in [4.69, 9.17) is 0 Å². The Bertz CT molecular complexity index is 348. The summed E-state index contributed by atoms with van der Waals surface area (Å²) in [4.78, 5) is 18.8. The molecule has 0 saturated heterocycles. The molecule has 0 fully saturated rings. The third-order valence-corrected chi connectivity index (χ3v) is 2.19. The fourth-order valence-electron chi connectivity index (χ4n) is 0.915. The molecule has 15 heavy (non-hydrogen) atoms. The van der Waals surface area contributed by atoms with Crippen molar-refractivity contribution in [2.45, 2.75) is 12.1 Å². The molecule has 1 amide bonds. The average molecular weight is 223 g/mol. The van der Waals surface area contributed by atoms with E-state index < -0.39 is 0 Å². The van der Waals surface area contributed by atoms with E-state index in [2.05, 4.69) is 15.3 Å². The van der Waals surface area contributed by atoms with Crippen molar-refractivity contribution >= 4 is 23.7 Å². The molecule has 80 valence electrons. The van der Waals surface area contributed by atoms with Crippen molar-refractivity contribution in [3.63, 3.8) is 0 Å². The SMILES string of the molecule is CSc1ncc(C=CCNC(C)=O)cn1. The van der Waals surface area contributed by atoms with Gasteiger partial charge in [-0.05, 0) is 6.26 Å². The van der Waals surface area contributed by atoms with Crippen molar-refractivity contribution < 1.29 is 4.79 Å². The average Bonchev–Trinajstić information content (AvgIpc) is 2.25. The van der Waals surface area contributed by atoms with Crippen molar-refractivity contribution in [3.05, 3.63) is 24.0 Å². The number of carbonyl (C=O) groups is 1. The first-order chi connectivity index (χ1) is 7.22. The third kappa shape index (κ3) is 4.60. The highest BCUT2D eigenvalue weighted by molar-refractivity contribution is 7.98. The Morgan fingerprint density at radius 2 is 2.20 bits per heavy atom. The molecule has 0 radical (unpaired) electrons. The quantitative estimate of drug-likeness (QED) is 0.618. The van der Waals surface area contributed by atoms with Crippen LogP contribution in [0.3, 0.4) is 0 Å². The number of aromatic nitrogens is 2. The minimum absolute atomic E-state index is 0.0337. The Kier molecular flexibility index (Phi) is 4.83. The molecule has 0 aliphatic rings. The first-order valence-electron chi connectivity index (χ1n) is 4.49. The van der Waals surface area contributed by atoms with Crippen LogP contribution in [0.2, 0.25) is 0 Å². The molecule has 1 aromatic rings. The summed E-state index contributed by atoms with van der Waals surface area (Å²) >= 11 is 1.51. The molecule has 1 aromatic heterocycles. The van der Waals surface area contributed by atoms with Crippen LogP contribution >= 0.6 is 11.8 Å². The maximum atomic E-state index is 10.6. The second-order valence-electron chi connectivity index (χ2n) is 2.84. The Balaban J connectivity index is 2.46. The highest BCUT2D eigenvalue weighted by Crippen LogP contribution is 2.07. The van der Waals surface area contributed by atoms with Crippen molar-refractivity contribution in [2.75, 3.05) is 12.8 Å². The number of thioether (sulfide) groups is 1. The number of carbonyl (C=O) groups excluding carboxylic acids is 1. The van der Waals surface area contributed by atoms with Crippen LogP contribution in [0.5, 0.6) is 0 Å². The zero-order valence-corrected chi connectivity index (χ0v) is 9.54. The molecule has 0 aliphatic carbocycles. The molecular formula is C10H13N3OS. The normalized spacial score (nSPS) is 10.5. The number of hydrogen-bond acceptors (Lipinski definition) is 4. The number of amides is 1. The van der Waals surface area contributed by atoms with Gasteiger partial charge in [0.25, 0.3) is 0 Å². The van der Waals surface area contributed by atoms with Gasteiger partial charge in [0, 0.05) is 31.4 Å². The molecule has 4 nitrogen and oxygen atoms in total. The lowest BCUT2D eigenvalue weighted by Gasteiger charge is -1.96. The number of nitrogens with one attached hydrogen (secondary N) is 1. The zero-order chi connectivity index (χ0) is 11.1. The van der Waals surface area contributed by atoms with E-state index in [1.54, 1.807) is 12.4 Å². The predicted molar refractivity (Wildman–Crippen MR) is 61.5 cm³/mol. The van der Waals surface area contributed by atoms with E-state index in [0.717, 1.165) is 10.7 Å². The molecule has 0 bridgehead atoms. The Labute approximate surface area is 93.2 Å². The van der Waals surface area contributed by atoms with Crippen molar-refractivity contribution in [3.8, 4) is 0 Å². The molecule has 0 aromatic carbocycles. The molecule has 1 rings (SSSR count). The maximum absolute atomic E-state index is 10.6. The summed E-state index contributed by atoms with van der Waals surface area (Å²) in [5.74, 6) is -0.0337. The summed E-state index contributed by atoms with van der Waals surface area (Å²) in [5.41, 5.74) is 0.929. The van der Waals surface area contributed by atoms with Gasteiger partial charge in [0.15, 0.2) is 5.16 Å². The standard InChI is InChI=1S/C10H13N3OS/c1-8(14)11-5-3-4-9-6-12-10(15-2)13-7-9/h3-4,6-7H,5H2,1-2H3,(H,11,14). The summed E-state index contributed by atoms with van der Waals surface area (Å²) in [6.45, 7) is 2.02. The van der Waals surface area contributed by atoms with Crippen LogP contribution in [-0.2, 0) is 4.79 Å². The number of rotatable bonds is 4. The Morgan fingerprint density at radius 1 is 1.53 bits per heavy atom. The van der Waals surface area contributed by atoms with Gasteiger partial charge in [0.2, 0.25) is 5.91 Å². The van der Waals surface area contributed by atoms with Crippen LogP contribution in [-0.4, -0.2) is 28.7 Å². The summed E-state index contributed by atoms with van der Waals surface area (Å²) in [7, 11) is 0. The van der Waals surface area contributed by atoms with Gasteiger partial charge in [-0.15, -0.1) is 0 Å². The fraction of sp³-hybridized carbons (Fsp3) is 0.300. The summed E-state index contributed by atoms with van der Waals surface area (Å²) < 4.78 is 0. The lowest BCUT2D eigenvalue weighted by Crippen LogP contribution is -2.19. The van der Waals surface area contributed by atoms with Gasteiger partial charge in [-0.1, -0.05) is 23.9 Å². The fourth-order valence-corrected chi connectivity index (χ4v) is 1.23. The van der Waals surface area contributed by atoms with Crippen molar-refractivity contribution in [1.29, 1.82) is 0 Å². The van der Waals surface area contributed by atoms with Crippen LogP contribution in [0.15, 0.2) is 23.6 Å². The minimum atomic E-state index is -0.0337. The van der Waals surface area contributed by atoms with Crippen molar-refractivity contribution in [1.82, 2.24) is 15.3 Å². The van der Waals surface area contributed by atoms with E-state index in [1.165, 1.54) is 18.7 Å².